The summed E-state index contributed by atoms with van der Waals surface area (Å²) in [5, 5.41) is 2.26. The van der Waals surface area contributed by atoms with E-state index in [2.05, 4.69) is 108 Å². The third-order valence-corrected chi connectivity index (χ3v) is 10.3. The van der Waals surface area contributed by atoms with Gasteiger partial charge in [0.15, 0.2) is 17.5 Å². The Labute approximate surface area is 323 Å². The summed E-state index contributed by atoms with van der Waals surface area (Å²) in [4.78, 5) is 15.1. The van der Waals surface area contributed by atoms with E-state index in [4.69, 9.17) is 15.0 Å². The summed E-state index contributed by atoms with van der Waals surface area (Å²) in [5.74, 6) is 1.46. The molecular weight excluding hydrogens is 688 g/mol. The van der Waals surface area contributed by atoms with Crippen LogP contribution in [0.25, 0.3) is 95.0 Å². The molecule has 10 rings (SSSR count). The summed E-state index contributed by atoms with van der Waals surface area (Å²) < 4.78 is 16.8. The molecule has 0 amide bonds. The van der Waals surface area contributed by atoms with Crippen molar-refractivity contribution in [1.82, 2.24) is 19.5 Å². The van der Waals surface area contributed by atoms with E-state index in [0.29, 0.717) is 17.5 Å². The molecule has 0 atom stereocenters. The second-order valence-electron chi connectivity index (χ2n) is 13.8. The molecule has 0 aliphatic heterocycles. The molecule has 8 aromatic carbocycles. The maximum atomic E-state index is 14.4. The highest BCUT2D eigenvalue weighted by atomic mass is 19.1. The third-order valence-electron chi connectivity index (χ3n) is 10.3. The molecule has 0 saturated carbocycles. The highest BCUT2D eigenvalue weighted by Crippen LogP contribution is 2.41. The van der Waals surface area contributed by atoms with Crippen LogP contribution in [0.4, 0.5) is 4.39 Å². The van der Waals surface area contributed by atoms with Crippen molar-refractivity contribution < 1.29 is 4.39 Å². The number of fused-ring (bicyclic) bond motifs is 3. The Bertz CT molecular complexity index is 2840. The van der Waals surface area contributed by atoms with Crippen molar-refractivity contribution in [2.45, 2.75) is 0 Å². The van der Waals surface area contributed by atoms with E-state index in [-0.39, 0.29) is 5.82 Å². The van der Waals surface area contributed by atoms with Gasteiger partial charge in [-0.2, -0.15) is 0 Å². The second-order valence-corrected chi connectivity index (χ2v) is 13.8. The molecule has 56 heavy (non-hydrogen) atoms. The molecule has 0 bridgehead atoms. The van der Waals surface area contributed by atoms with Crippen LogP contribution in [-0.2, 0) is 0 Å². The first-order valence-corrected chi connectivity index (χ1v) is 18.6. The molecule has 0 aliphatic rings. The van der Waals surface area contributed by atoms with E-state index in [1.807, 2.05) is 84.9 Å². The van der Waals surface area contributed by atoms with Gasteiger partial charge in [-0.15, -0.1) is 0 Å². The fraction of sp³-hybridized carbons (Fsp3) is 0. The lowest BCUT2D eigenvalue weighted by Crippen LogP contribution is -2.02. The number of hydrogen-bond acceptors (Lipinski definition) is 3. The van der Waals surface area contributed by atoms with Crippen LogP contribution in [0, 0.1) is 5.82 Å². The minimum absolute atomic E-state index is 0.282. The summed E-state index contributed by atoms with van der Waals surface area (Å²) in [7, 11) is 0. The zero-order valence-corrected chi connectivity index (χ0v) is 30.2. The van der Waals surface area contributed by atoms with E-state index >= 15 is 0 Å². The standard InChI is InChI=1S/C51H33FN4/c52-42-26-21-36(22-27-42)43-28-25-41(51-54-49(37-17-9-3-10-18-37)53-50(55-51)38-19-11-4-12-20-38)33-46(43)56-47-31-39(34-13-5-1-6-14-34)23-29-44(47)45-30-24-40(32-48(45)56)35-15-7-2-8-16-35/h1-33H. The van der Waals surface area contributed by atoms with Gasteiger partial charge in [-0.05, 0) is 58.1 Å². The second kappa shape index (κ2) is 14.0. The van der Waals surface area contributed by atoms with E-state index in [0.717, 1.165) is 77.6 Å². The monoisotopic (exact) mass is 720 g/mol. The Balaban J connectivity index is 1.28. The van der Waals surface area contributed by atoms with Crippen molar-refractivity contribution in [3.8, 4) is 73.2 Å². The molecule has 4 nitrogen and oxygen atoms in total. The van der Waals surface area contributed by atoms with Crippen molar-refractivity contribution >= 4 is 21.8 Å². The minimum atomic E-state index is -0.282. The fourth-order valence-electron chi connectivity index (χ4n) is 7.57. The van der Waals surface area contributed by atoms with E-state index in [1.165, 1.54) is 12.1 Å². The van der Waals surface area contributed by atoms with Gasteiger partial charge in [0.2, 0.25) is 0 Å². The average Bonchev–Trinajstić information content (AvgIpc) is 3.60. The Morgan fingerprint density at radius 1 is 0.321 bits per heavy atom. The van der Waals surface area contributed by atoms with Crippen LogP contribution in [0.2, 0.25) is 0 Å². The lowest BCUT2D eigenvalue weighted by atomic mass is 10.00. The van der Waals surface area contributed by atoms with Crippen molar-refractivity contribution in [3.05, 3.63) is 206 Å². The predicted octanol–water partition coefficient (Wildman–Crippen LogP) is 13.1. The minimum Gasteiger partial charge on any atom is -0.309 e. The maximum absolute atomic E-state index is 14.4. The largest absolute Gasteiger partial charge is 0.309 e. The molecule has 2 heterocycles. The molecule has 0 fully saturated rings. The number of rotatable bonds is 7. The molecule has 0 radical (unpaired) electrons. The average molecular weight is 721 g/mol. The van der Waals surface area contributed by atoms with Crippen LogP contribution in [0.15, 0.2) is 200 Å². The van der Waals surface area contributed by atoms with Gasteiger partial charge >= 0.3 is 0 Å². The normalized spacial score (nSPS) is 11.3. The van der Waals surface area contributed by atoms with Crippen molar-refractivity contribution in [3.63, 3.8) is 0 Å². The molecule has 10 aromatic rings. The molecule has 0 aliphatic carbocycles. The van der Waals surface area contributed by atoms with Crippen LogP contribution >= 0.6 is 0 Å². The van der Waals surface area contributed by atoms with Gasteiger partial charge in [-0.25, -0.2) is 19.3 Å². The maximum Gasteiger partial charge on any atom is 0.164 e. The molecule has 0 N–H and O–H groups in total. The molecule has 0 unspecified atom stereocenters. The molecule has 5 heteroatoms. The van der Waals surface area contributed by atoms with Crippen LogP contribution in [0.1, 0.15) is 0 Å². The van der Waals surface area contributed by atoms with Gasteiger partial charge in [-0.3, -0.25) is 0 Å². The summed E-state index contributed by atoms with van der Waals surface area (Å²) in [6.07, 6.45) is 0. The first-order valence-electron chi connectivity index (χ1n) is 18.6. The Morgan fingerprint density at radius 2 is 0.714 bits per heavy atom. The van der Waals surface area contributed by atoms with Crippen LogP contribution in [0.5, 0.6) is 0 Å². The highest BCUT2D eigenvalue weighted by molar-refractivity contribution is 6.11. The van der Waals surface area contributed by atoms with Crippen molar-refractivity contribution in [2.24, 2.45) is 0 Å². The van der Waals surface area contributed by atoms with E-state index in [9.17, 15) is 4.39 Å². The lowest BCUT2D eigenvalue weighted by molar-refractivity contribution is 0.628. The van der Waals surface area contributed by atoms with E-state index < -0.39 is 0 Å². The van der Waals surface area contributed by atoms with E-state index in [1.54, 1.807) is 0 Å². The van der Waals surface area contributed by atoms with Gasteiger partial charge in [0.1, 0.15) is 5.82 Å². The topological polar surface area (TPSA) is 43.6 Å². The number of nitrogens with zero attached hydrogens (tertiary/aromatic N) is 4. The van der Waals surface area contributed by atoms with Crippen molar-refractivity contribution in [1.29, 1.82) is 0 Å². The zero-order chi connectivity index (χ0) is 37.4. The molecule has 2 aromatic heterocycles. The summed E-state index contributed by atoms with van der Waals surface area (Å²) in [5.41, 5.74) is 12.0. The van der Waals surface area contributed by atoms with Crippen LogP contribution in [0.3, 0.4) is 0 Å². The Morgan fingerprint density at radius 3 is 1.18 bits per heavy atom. The van der Waals surface area contributed by atoms with Crippen LogP contribution in [-0.4, -0.2) is 19.5 Å². The van der Waals surface area contributed by atoms with Gasteiger partial charge in [-0.1, -0.05) is 170 Å². The molecular formula is C51H33FN4. The van der Waals surface area contributed by atoms with Crippen LogP contribution < -0.4 is 0 Å². The SMILES string of the molecule is Fc1ccc(-c2ccc(-c3nc(-c4ccccc4)nc(-c4ccccc4)n3)cc2-n2c3cc(-c4ccccc4)ccc3c3ccc(-c4ccccc4)cc32)cc1. The first kappa shape index (κ1) is 33.1. The third kappa shape index (κ3) is 6.11. The number of hydrogen-bond donors (Lipinski definition) is 0. The zero-order valence-electron chi connectivity index (χ0n) is 30.2. The molecule has 0 spiro atoms. The number of halogens is 1. The predicted molar refractivity (Wildman–Crippen MR) is 227 cm³/mol. The molecule has 264 valence electrons. The Hall–Kier alpha value is -7.50. The summed E-state index contributed by atoms with van der Waals surface area (Å²) in [6, 6.07) is 67.4. The van der Waals surface area contributed by atoms with Gasteiger partial charge in [0.25, 0.3) is 0 Å². The lowest BCUT2D eigenvalue weighted by Gasteiger charge is -2.17. The van der Waals surface area contributed by atoms with Gasteiger partial charge in [0, 0.05) is 33.0 Å². The Kier molecular flexibility index (Phi) is 8.30. The quantitative estimate of drug-likeness (QED) is 0.165. The van der Waals surface area contributed by atoms with Gasteiger partial charge < -0.3 is 4.57 Å². The van der Waals surface area contributed by atoms with Crippen molar-refractivity contribution in [2.75, 3.05) is 0 Å². The number of aromatic nitrogens is 4. The van der Waals surface area contributed by atoms with Gasteiger partial charge in [0.05, 0.1) is 16.7 Å². The molecule has 0 saturated heterocycles. The fourth-order valence-corrected chi connectivity index (χ4v) is 7.57. The smallest absolute Gasteiger partial charge is 0.164 e. The highest BCUT2D eigenvalue weighted by Gasteiger charge is 2.20. The summed E-state index contributed by atoms with van der Waals surface area (Å²) in [6.45, 7) is 0. The number of benzene rings is 8. The summed E-state index contributed by atoms with van der Waals surface area (Å²) >= 11 is 0. The first-order chi connectivity index (χ1) is 27.7.